The van der Waals surface area contributed by atoms with Gasteiger partial charge >= 0.3 is 0 Å². The molecule has 0 aliphatic carbocycles. The maximum atomic E-state index is 10.6. The summed E-state index contributed by atoms with van der Waals surface area (Å²) in [6.45, 7) is 0. The van der Waals surface area contributed by atoms with Crippen LogP contribution in [0.25, 0.3) is 10.4 Å². The van der Waals surface area contributed by atoms with Crippen molar-refractivity contribution >= 4 is 16.0 Å². The van der Waals surface area contributed by atoms with Crippen LogP contribution in [0.15, 0.2) is 5.11 Å². The normalized spacial score (nSPS) is 13.1. The first kappa shape index (κ1) is 11.8. The molecule has 0 unspecified atom stereocenters. The van der Waals surface area contributed by atoms with Crippen molar-refractivity contribution in [2.24, 2.45) is 10.8 Å². The first-order valence-electron chi connectivity index (χ1n) is 3.16. The van der Waals surface area contributed by atoms with E-state index in [2.05, 4.69) is 10.0 Å². The number of amides is 1. The standard InChI is InChI=1S/C4H8N4O4S/c5-3(4(9)7-8-6)1-2-13(10,11)12/h3H,1-2,5H2,(H,10,11,12)/t3-/m0/s1. The largest absolute Gasteiger partial charge is 0.321 e. The highest BCUT2D eigenvalue weighted by Crippen LogP contribution is 1.95. The maximum absolute atomic E-state index is 10.6. The lowest BCUT2D eigenvalue weighted by atomic mass is 10.2. The van der Waals surface area contributed by atoms with E-state index in [1.165, 1.54) is 0 Å². The molecule has 0 aliphatic rings. The molecule has 8 nitrogen and oxygen atoms in total. The Kier molecular flexibility index (Phi) is 4.35. The molecule has 0 saturated heterocycles. The second-order valence-electron chi connectivity index (χ2n) is 2.21. The number of carbonyl (C=O) groups excluding carboxylic acids is 1. The molecule has 74 valence electrons. The lowest BCUT2D eigenvalue weighted by Crippen LogP contribution is -2.31. The highest BCUT2D eigenvalue weighted by atomic mass is 32.2. The number of nitrogens with two attached hydrogens (primary N) is 1. The number of azide groups is 1. The summed E-state index contributed by atoms with van der Waals surface area (Å²) >= 11 is 0. The number of hydrogen-bond donors (Lipinski definition) is 2. The molecule has 0 fully saturated rings. The van der Waals surface area contributed by atoms with Crippen LogP contribution in [0.4, 0.5) is 0 Å². The molecule has 0 heterocycles. The Labute approximate surface area is 74.1 Å². The first-order valence-corrected chi connectivity index (χ1v) is 4.77. The second-order valence-corrected chi connectivity index (χ2v) is 3.78. The Morgan fingerprint density at radius 3 is 2.62 bits per heavy atom. The Balaban J connectivity index is 4.09. The summed E-state index contributed by atoms with van der Waals surface area (Å²) in [7, 11) is -4.13. The lowest BCUT2D eigenvalue weighted by molar-refractivity contribution is -0.119. The SMILES string of the molecule is [N-]=[N+]=NC(=O)[C@@H](N)CCS(=O)(=O)O. The van der Waals surface area contributed by atoms with Gasteiger partial charge in [0.15, 0.2) is 0 Å². The quantitative estimate of drug-likeness (QED) is 0.275. The molecular weight excluding hydrogens is 200 g/mol. The van der Waals surface area contributed by atoms with Crippen molar-refractivity contribution in [3.8, 4) is 0 Å². The first-order chi connectivity index (χ1) is 5.87. The van der Waals surface area contributed by atoms with Crippen molar-refractivity contribution in [1.82, 2.24) is 0 Å². The van der Waals surface area contributed by atoms with Crippen LogP contribution in [0.3, 0.4) is 0 Å². The summed E-state index contributed by atoms with van der Waals surface area (Å²) in [5.74, 6) is -1.59. The van der Waals surface area contributed by atoms with Gasteiger partial charge in [0, 0.05) is 4.91 Å². The maximum Gasteiger partial charge on any atom is 0.264 e. The zero-order chi connectivity index (χ0) is 10.5. The van der Waals surface area contributed by atoms with Crippen LogP contribution in [0, 0.1) is 0 Å². The molecule has 1 amide bonds. The van der Waals surface area contributed by atoms with Crippen molar-refractivity contribution < 1.29 is 17.8 Å². The average Bonchev–Trinajstić information content (AvgIpc) is 1.99. The van der Waals surface area contributed by atoms with Crippen molar-refractivity contribution in [3.63, 3.8) is 0 Å². The summed E-state index contributed by atoms with van der Waals surface area (Å²) in [5, 5.41) is 2.67. The fourth-order valence-electron chi connectivity index (χ4n) is 0.518. The number of hydrogen-bond acceptors (Lipinski definition) is 4. The molecule has 0 aromatic rings. The number of nitrogens with zero attached hydrogens (tertiary/aromatic N) is 3. The van der Waals surface area contributed by atoms with Crippen LogP contribution < -0.4 is 5.73 Å². The minimum atomic E-state index is -4.13. The topological polar surface area (TPSA) is 146 Å². The van der Waals surface area contributed by atoms with E-state index in [1.54, 1.807) is 0 Å². The van der Waals surface area contributed by atoms with Crippen molar-refractivity contribution in [1.29, 1.82) is 0 Å². The van der Waals surface area contributed by atoms with Crippen molar-refractivity contribution in [2.75, 3.05) is 5.75 Å². The molecule has 9 heteroatoms. The van der Waals surface area contributed by atoms with E-state index in [9.17, 15) is 13.2 Å². The van der Waals surface area contributed by atoms with E-state index in [0.29, 0.717) is 0 Å². The van der Waals surface area contributed by atoms with Gasteiger partial charge in [-0.15, -0.1) is 0 Å². The van der Waals surface area contributed by atoms with E-state index >= 15 is 0 Å². The minimum Gasteiger partial charge on any atom is -0.321 e. The number of carbonyl (C=O) groups is 1. The molecule has 0 bridgehead atoms. The van der Waals surface area contributed by atoms with Crippen LogP contribution in [0.1, 0.15) is 6.42 Å². The highest BCUT2D eigenvalue weighted by Gasteiger charge is 2.15. The van der Waals surface area contributed by atoms with Gasteiger partial charge in [-0.1, -0.05) is 0 Å². The minimum absolute atomic E-state index is 0.281. The predicted molar refractivity (Wildman–Crippen MR) is 43.2 cm³/mol. The zero-order valence-corrected chi connectivity index (χ0v) is 7.31. The summed E-state index contributed by atoms with van der Waals surface area (Å²) in [6.07, 6.45) is -0.281. The molecule has 13 heavy (non-hydrogen) atoms. The van der Waals surface area contributed by atoms with Gasteiger partial charge in [-0.3, -0.25) is 9.35 Å². The summed E-state index contributed by atoms with van der Waals surface area (Å²) in [4.78, 5) is 12.8. The van der Waals surface area contributed by atoms with Crippen LogP contribution in [0.5, 0.6) is 0 Å². The molecule has 3 N–H and O–H groups in total. The fraction of sp³-hybridized carbons (Fsp3) is 0.750. The smallest absolute Gasteiger partial charge is 0.264 e. The third-order valence-electron chi connectivity index (χ3n) is 1.15. The molecule has 0 aromatic carbocycles. The van der Waals surface area contributed by atoms with E-state index in [4.69, 9.17) is 15.8 Å². The van der Waals surface area contributed by atoms with Gasteiger partial charge in [-0.2, -0.15) is 8.42 Å². The Morgan fingerprint density at radius 2 is 2.23 bits per heavy atom. The van der Waals surface area contributed by atoms with E-state index < -0.39 is 27.8 Å². The van der Waals surface area contributed by atoms with Crippen LogP contribution in [0.2, 0.25) is 0 Å². The average molecular weight is 208 g/mol. The Bertz CT molecular complexity index is 330. The van der Waals surface area contributed by atoms with E-state index in [0.717, 1.165) is 0 Å². The monoisotopic (exact) mass is 208 g/mol. The predicted octanol–water partition coefficient (Wildman–Crippen LogP) is -0.571. The highest BCUT2D eigenvalue weighted by molar-refractivity contribution is 7.85. The Hall–Kier alpha value is -1.15. The lowest BCUT2D eigenvalue weighted by Gasteiger charge is -2.03. The van der Waals surface area contributed by atoms with Crippen LogP contribution in [-0.2, 0) is 14.9 Å². The fourth-order valence-corrected chi connectivity index (χ4v) is 1.07. The summed E-state index contributed by atoms with van der Waals surface area (Å²) in [6, 6.07) is -1.20. The van der Waals surface area contributed by atoms with Gasteiger partial charge < -0.3 is 5.73 Å². The van der Waals surface area contributed by atoms with Crippen LogP contribution >= 0.6 is 0 Å². The third kappa shape index (κ3) is 6.05. The molecule has 0 rings (SSSR count). The zero-order valence-electron chi connectivity index (χ0n) is 6.49. The third-order valence-corrected chi connectivity index (χ3v) is 1.90. The summed E-state index contributed by atoms with van der Waals surface area (Å²) in [5.41, 5.74) is 12.9. The van der Waals surface area contributed by atoms with Crippen molar-refractivity contribution in [3.05, 3.63) is 10.4 Å². The second kappa shape index (κ2) is 4.77. The van der Waals surface area contributed by atoms with Crippen molar-refractivity contribution in [2.45, 2.75) is 12.5 Å². The van der Waals surface area contributed by atoms with Gasteiger partial charge in [-0.25, -0.2) is 0 Å². The summed E-state index contributed by atoms with van der Waals surface area (Å²) < 4.78 is 28.7. The van der Waals surface area contributed by atoms with Gasteiger partial charge in [0.2, 0.25) is 5.91 Å². The number of rotatable bonds is 4. The molecule has 1 atom stereocenters. The van der Waals surface area contributed by atoms with E-state index in [-0.39, 0.29) is 6.42 Å². The van der Waals surface area contributed by atoms with Crippen LogP contribution in [-0.4, -0.2) is 30.7 Å². The molecule has 0 saturated carbocycles. The van der Waals surface area contributed by atoms with Gasteiger partial charge in [-0.05, 0) is 17.1 Å². The molecule has 0 aliphatic heterocycles. The molecule has 0 radical (unpaired) electrons. The Morgan fingerprint density at radius 1 is 1.69 bits per heavy atom. The van der Waals surface area contributed by atoms with Gasteiger partial charge in [0.1, 0.15) is 0 Å². The molecular formula is C4H8N4O4S. The van der Waals surface area contributed by atoms with Gasteiger partial charge in [0.05, 0.1) is 11.8 Å². The molecule has 0 aromatic heterocycles. The van der Waals surface area contributed by atoms with E-state index in [1.807, 2.05) is 0 Å². The molecule has 0 spiro atoms. The van der Waals surface area contributed by atoms with Gasteiger partial charge in [0.25, 0.3) is 10.1 Å².